The largest absolute Gasteiger partial charge is 0.480 e. The van der Waals surface area contributed by atoms with E-state index in [9.17, 15) is 14.4 Å². The first-order valence-corrected chi connectivity index (χ1v) is 6.94. The molecular weight excluding hydrogens is 286 g/mol. The molecule has 0 aliphatic heterocycles. The van der Waals surface area contributed by atoms with Crippen molar-refractivity contribution < 1.29 is 24.0 Å². The van der Waals surface area contributed by atoms with Gasteiger partial charge in [0, 0.05) is 6.07 Å². The Balaban J connectivity index is 2.81. The fraction of sp³-hybridized carbons (Fsp3) is 0.455. The van der Waals surface area contributed by atoms with Gasteiger partial charge >= 0.3 is 5.97 Å². The summed E-state index contributed by atoms with van der Waals surface area (Å²) in [6.07, 6.45) is 2.29. The Kier molecular flexibility index (Phi) is 6.04. The van der Waals surface area contributed by atoms with Gasteiger partial charge in [0.25, 0.3) is 0 Å². The second-order valence-electron chi connectivity index (χ2n) is 3.89. The number of aryl methyl sites for hydroxylation is 1. The van der Waals surface area contributed by atoms with Gasteiger partial charge in [0.05, 0.1) is 5.25 Å². The highest BCUT2D eigenvalue weighted by atomic mass is 32.2. The van der Waals surface area contributed by atoms with Crippen molar-refractivity contribution in [1.82, 2.24) is 10.5 Å². The standard InChI is InChI=1S/C11H15N3O5S/c1-6-3-8(14-19-6)13-10(7(5-15)20-2)11(18)12-4-9(16)17/h3,5,7,10H,4H2,1-2H3,(H,12,18)(H,13,14)(H,16,17). The number of anilines is 1. The number of nitrogens with one attached hydrogen (secondary N) is 2. The third-order valence-electron chi connectivity index (χ3n) is 2.36. The predicted octanol–water partition coefficient (Wildman–Crippen LogP) is -0.105. The van der Waals surface area contributed by atoms with Crippen LogP contribution in [0.25, 0.3) is 0 Å². The van der Waals surface area contributed by atoms with Crippen molar-refractivity contribution in [3.8, 4) is 0 Å². The smallest absolute Gasteiger partial charge is 0.322 e. The molecule has 0 bridgehead atoms. The fourth-order valence-corrected chi connectivity index (χ4v) is 2.01. The minimum absolute atomic E-state index is 0.305. The summed E-state index contributed by atoms with van der Waals surface area (Å²) in [7, 11) is 0. The van der Waals surface area contributed by atoms with Crippen LogP contribution in [0.15, 0.2) is 10.6 Å². The van der Waals surface area contributed by atoms with Crippen molar-refractivity contribution in [2.24, 2.45) is 0 Å². The number of aromatic nitrogens is 1. The highest BCUT2D eigenvalue weighted by Crippen LogP contribution is 2.15. The van der Waals surface area contributed by atoms with E-state index in [1.54, 1.807) is 19.2 Å². The Hall–Kier alpha value is -2.03. The first-order chi connectivity index (χ1) is 9.47. The van der Waals surface area contributed by atoms with Gasteiger partial charge in [0.1, 0.15) is 24.6 Å². The van der Waals surface area contributed by atoms with E-state index < -0.39 is 29.7 Å². The zero-order chi connectivity index (χ0) is 15.1. The van der Waals surface area contributed by atoms with Crippen LogP contribution in [-0.4, -0.2) is 52.5 Å². The molecule has 1 rings (SSSR count). The molecule has 0 spiro atoms. The number of carboxylic acid groups (broad SMARTS) is 1. The van der Waals surface area contributed by atoms with Crippen molar-refractivity contribution in [3.63, 3.8) is 0 Å². The van der Waals surface area contributed by atoms with Gasteiger partial charge in [0.15, 0.2) is 5.82 Å². The normalized spacial score (nSPS) is 13.3. The monoisotopic (exact) mass is 301 g/mol. The molecule has 1 aromatic heterocycles. The number of hydrogen-bond acceptors (Lipinski definition) is 7. The Bertz CT molecular complexity index is 490. The van der Waals surface area contributed by atoms with Crippen molar-refractivity contribution in [3.05, 3.63) is 11.8 Å². The molecule has 2 unspecified atom stereocenters. The van der Waals surface area contributed by atoms with Crippen LogP contribution in [0.4, 0.5) is 5.82 Å². The van der Waals surface area contributed by atoms with Crippen molar-refractivity contribution in [2.75, 3.05) is 18.1 Å². The summed E-state index contributed by atoms with van der Waals surface area (Å²) in [6, 6.07) is 0.631. The first-order valence-electron chi connectivity index (χ1n) is 5.65. The van der Waals surface area contributed by atoms with Gasteiger partial charge in [-0.2, -0.15) is 11.8 Å². The molecule has 9 heteroatoms. The number of carbonyl (C=O) groups excluding carboxylic acids is 2. The van der Waals surface area contributed by atoms with Gasteiger partial charge in [-0.15, -0.1) is 0 Å². The molecule has 0 saturated heterocycles. The zero-order valence-electron chi connectivity index (χ0n) is 11.0. The lowest BCUT2D eigenvalue weighted by Crippen LogP contribution is -2.48. The highest BCUT2D eigenvalue weighted by Gasteiger charge is 2.28. The number of hydrogen-bond donors (Lipinski definition) is 3. The summed E-state index contributed by atoms with van der Waals surface area (Å²) in [5.74, 6) is -0.913. The SMILES string of the molecule is CSC(C=O)C(Nc1cc(C)on1)C(=O)NCC(=O)O. The lowest BCUT2D eigenvalue weighted by Gasteiger charge is -2.21. The number of aliphatic carboxylic acids is 1. The molecule has 0 saturated carbocycles. The molecule has 8 nitrogen and oxygen atoms in total. The minimum atomic E-state index is -1.17. The molecule has 2 atom stereocenters. The number of carboxylic acids is 1. The van der Waals surface area contributed by atoms with E-state index in [1.807, 2.05) is 0 Å². The summed E-state index contributed by atoms with van der Waals surface area (Å²) in [5, 5.41) is 16.5. The number of amides is 1. The Morgan fingerprint density at radius 1 is 1.60 bits per heavy atom. The molecule has 1 aromatic rings. The number of nitrogens with zero attached hydrogens (tertiary/aromatic N) is 1. The molecule has 0 radical (unpaired) electrons. The Labute approximate surface area is 119 Å². The molecule has 0 aliphatic rings. The zero-order valence-corrected chi connectivity index (χ0v) is 11.8. The van der Waals surface area contributed by atoms with E-state index in [0.29, 0.717) is 17.9 Å². The molecule has 1 amide bonds. The fourth-order valence-electron chi connectivity index (χ4n) is 1.43. The summed E-state index contributed by atoms with van der Waals surface area (Å²) in [5.41, 5.74) is 0. The second kappa shape index (κ2) is 7.53. The lowest BCUT2D eigenvalue weighted by molar-refractivity contribution is -0.138. The van der Waals surface area contributed by atoms with E-state index in [4.69, 9.17) is 9.63 Å². The van der Waals surface area contributed by atoms with Gasteiger partial charge < -0.3 is 25.1 Å². The Morgan fingerprint density at radius 3 is 2.75 bits per heavy atom. The molecule has 0 aromatic carbocycles. The molecule has 0 fully saturated rings. The van der Waals surface area contributed by atoms with Gasteiger partial charge in [-0.1, -0.05) is 5.16 Å². The summed E-state index contributed by atoms with van der Waals surface area (Å²) < 4.78 is 4.86. The van der Waals surface area contributed by atoms with E-state index in [2.05, 4.69) is 15.8 Å². The summed E-state index contributed by atoms with van der Waals surface area (Å²) in [6.45, 7) is 1.16. The van der Waals surface area contributed by atoms with Crippen LogP contribution in [0, 0.1) is 6.92 Å². The minimum Gasteiger partial charge on any atom is -0.480 e. The number of carbonyl (C=O) groups is 3. The van der Waals surface area contributed by atoms with Gasteiger partial charge in [-0.3, -0.25) is 9.59 Å². The highest BCUT2D eigenvalue weighted by molar-refractivity contribution is 7.99. The molecule has 0 aliphatic carbocycles. The first kappa shape index (κ1) is 16.0. The number of rotatable bonds is 8. The molecule has 1 heterocycles. The third-order valence-corrected chi connectivity index (χ3v) is 3.29. The molecule has 110 valence electrons. The van der Waals surface area contributed by atoms with Crippen LogP contribution in [0.1, 0.15) is 5.76 Å². The van der Waals surface area contributed by atoms with Gasteiger partial charge in [-0.05, 0) is 13.2 Å². The van der Waals surface area contributed by atoms with Crippen molar-refractivity contribution in [1.29, 1.82) is 0 Å². The number of thioether (sulfide) groups is 1. The maximum absolute atomic E-state index is 12.0. The third kappa shape index (κ3) is 4.57. The van der Waals surface area contributed by atoms with Crippen molar-refractivity contribution in [2.45, 2.75) is 18.2 Å². The van der Waals surface area contributed by atoms with Crippen molar-refractivity contribution >= 4 is 35.7 Å². The molecule has 3 N–H and O–H groups in total. The van der Waals surface area contributed by atoms with E-state index in [1.165, 1.54) is 11.8 Å². The predicted molar refractivity (Wildman–Crippen MR) is 72.7 cm³/mol. The van der Waals surface area contributed by atoms with Crippen LogP contribution >= 0.6 is 11.8 Å². The molecular formula is C11H15N3O5S. The van der Waals surface area contributed by atoms with Crippen LogP contribution in [0.5, 0.6) is 0 Å². The second-order valence-corrected chi connectivity index (χ2v) is 4.91. The van der Waals surface area contributed by atoms with Crippen LogP contribution in [-0.2, 0) is 14.4 Å². The van der Waals surface area contributed by atoms with Crippen LogP contribution in [0.3, 0.4) is 0 Å². The van der Waals surface area contributed by atoms with Crippen LogP contribution in [0.2, 0.25) is 0 Å². The van der Waals surface area contributed by atoms with Gasteiger partial charge in [0.2, 0.25) is 5.91 Å². The van der Waals surface area contributed by atoms with Gasteiger partial charge in [-0.25, -0.2) is 0 Å². The average molecular weight is 301 g/mol. The summed E-state index contributed by atoms with van der Waals surface area (Å²) >= 11 is 1.17. The maximum Gasteiger partial charge on any atom is 0.322 e. The van der Waals surface area contributed by atoms with Crippen LogP contribution < -0.4 is 10.6 Å². The molecule has 20 heavy (non-hydrogen) atoms. The quantitative estimate of drug-likeness (QED) is 0.569. The number of aldehydes is 1. The lowest BCUT2D eigenvalue weighted by atomic mass is 10.2. The van der Waals surface area contributed by atoms with E-state index in [-0.39, 0.29) is 0 Å². The topological polar surface area (TPSA) is 122 Å². The average Bonchev–Trinajstić information content (AvgIpc) is 2.81. The summed E-state index contributed by atoms with van der Waals surface area (Å²) in [4.78, 5) is 33.4. The van der Waals surface area contributed by atoms with E-state index >= 15 is 0 Å². The maximum atomic E-state index is 12.0. The van der Waals surface area contributed by atoms with E-state index in [0.717, 1.165) is 0 Å². The Morgan fingerprint density at radius 2 is 2.30 bits per heavy atom.